The van der Waals surface area contributed by atoms with Crippen molar-refractivity contribution >= 4 is 12.6 Å². The molecule has 0 unspecified atom stereocenters. The summed E-state index contributed by atoms with van der Waals surface area (Å²) in [5.74, 6) is 1.03. The maximum atomic E-state index is 5.19. The minimum absolute atomic E-state index is 0.473. The van der Waals surface area contributed by atoms with E-state index in [0.717, 1.165) is 18.9 Å². The Kier molecular flexibility index (Phi) is 6.16. The van der Waals surface area contributed by atoms with Gasteiger partial charge in [0.1, 0.15) is 0 Å². The molecule has 1 aliphatic carbocycles. The molecule has 1 aliphatic rings. The van der Waals surface area contributed by atoms with Crippen molar-refractivity contribution in [3.63, 3.8) is 0 Å². The van der Waals surface area contributed by atoms with Crippen LogP contribution < -0.4 is 0 Å². The van der Waals surface area contributed by atoms with Gasteiger partial charge in [0.15, 0.2) is 0 Å². The molecule has 3 heteroatoms. The summed E-state index contributed by atoms with van der Waals surface area (Å²) in [4.78, 5) is 2.55. The normalized spacial score (nSPS) is 19.9. The summed E-state index contributed by atoms with van der Waals surface area (Å²) in [7, 11) is 1.78. The first-order chi connectivity index (χ1) is 7.63. The zero-order valence-corrected chi connectivity index (χ0v) is 11.9. The molecule has 96 valence electrons. The summed E-state index contributed by atoms with van der Waals surface area (Å²) in [6.45, 7) is 7.62. The van der Waals surface area contributed by atoms with Crippen molar-refractivity contribution in [2.45, 2.75) is 45.6 Å². The third-order valence-corrected chi connectivity index (χ3v) is 4.52. The summed E-state index contributed by atoms with van der Waals surface area (Å²) in [6.07, 6.45) is 5.48. The Morgan fingerprint density at radius 3 is 2.38 bits per heavy atom. The van der Waals surface area contributed by atoms with Crippen molar-refractivity contribution in [3.05, 3.63) is 0 Å². The van der Waals surface area contributed by atoms with Crippen molar-refractivity contribution in [1.29, 1.82) is 0 Å². The number of nitrogens with zero attached hydrogens (tertiary/aromatic N) is 1. The summed E-state index contributed by atoms with van der Waals surface area (Å²) in [5, 5.41) is 0. The largest absolute Gasteiger partial charge is 0.383 e. The third-order valence-electron chi connectivity index (χ3n) is 3.85. The predicted molar refractivity (Wildman–Crippen MR) is 73.3 cm³/mol. The summed E-state index contributed by atoms with van der Waals surface area (Å²) < 4.78 is 5.19. The SMILES string of the molecule is COCCN(CC1(CS)CCCC1)C(C)C. The minimum Gasteiger partial charge on any atom is -0.383 e. The number of ether oxygens (including phenoxy) is 1. The lowest BCUT2D eigenvalue weighted by Gasteiger charge is -2.36. The average Bonchev–Trinajstić information content (AvgIpc) is 2.73. The van der Waals surface area contributed by atoms with Gasteiger partial charge in [-0.25, -0.2) is 0 Å². The fraction of sp³-hybridized carbons (Fsp3) is 1.00. The van der Waals surface area contributed by atoms with Crippen LogP contribution in [0.25, 0.3) is 0 Å². The van der Waals surface area contributed by atoms with Crippen LogP contribution in [0.4, 0.5) is 0 Å². The smallest absolute Gasteiger partial charge is 0.0589 e. The van der Waals surface area contributed by atoms with Gasteiger partial charge in [-0.15, -0.1) is 0 Å². The van der Waals surface area contributed by atoms with E-state index in [-0.39, 0.29) is 0 Å². The maximum absolute atomic E-state index is 5.19. The predicted octanol–water partition coefficient (Wildman–Crippen LogP) is 2.83. The van der Waals surface area contributed by atoms with E-state index in [4.69, 9.17) is 4.74 Å². The monoisotopic (exact) mass is 245 g/mol. The van der Waals surface area contributed by atoms with Crippen LogP contribution in [0.2, 0.25) is 0 Å². The molecule has 0 radical (unpaired) electrons. The second-order valence-electron chi connectivity index (χ2n) is 5.42. The molecule has 0 amide bonds. The quantitative estimate of drug-likeness (QED) is 0.693. The molecule has 0 aromatic heterocycles. The molecule has 0 bridgehead atoms. The van der Waals surface area contributed by atoms with E-state index < -0.39 is 0 Å². The highest BCUT2D eigenvalue weighted by Crippen LogP contribution is 2.39. The Hall–Kier alpha value is 0.270. The van der Waals surface area contributed by atoms with Gasteiger partial charge in [-0.3, -0.25) is 4.90 Å². The third kappa shape index (κ3) is 3.94. The standard InChI is InChI=1S/C13H27NOS/c1-12(2)14(8-9-15-3)10-13(11-16)6-4-5-7-13/h12,16H,4-11H2,1-3H3. The van der Waals surface area contributed by atoms with E-state index in [1.54, 1.807) is 7.11 Å². The van der Waals surface area contributed by atoms with Crippen LogP contribution in [0.3, 0.4) is 0 Å². The molecule has 1 rings (SSSR count). The van der Waals surface area contributed by atoms with Gasteiger partial charge in [-0.1, -0.05) is 12.8 Å². The first-order valence-corrected chi connectivity index (χ1v) is 7.11. The van der Waals surface area contributed by atoms with Gasteiger partial charge in [-0.2, -0.15) is 12.6 Å². The molecule has 16 heavy (non-hydrogen) atoms. The summed E-state index contributed by atoms with van der Waals surface area (Å²) >= 11 is 4.58. The molecule has 2 nitrogen and oxygen atoms in total. The van der Waals surface area contributed by atoms with E-state index in [1.807, 2.05) is 0 Å². The summed E-state index contributed by atoms with van der Waals surface area (Å²) in [6, 6.07) is 0.604. The van der Waals surface area contributed by atoms with Crippen LogP contribution in [0.15, 0.2) is 0 Å². The number of hydrogen-bond acceptors (Lipinski definition) is 3. The lowest BCUT2D eigenvalue weighted by atomic mass is 9.87. The molecule has 0 saturated heterocycles. The maximum Gasteiger partial charge on any atom is 0.0589 e. The highest BCUT2D eigenvalue weighted by Gasteiger charge is 2.34. The molecule has 1 saturated carbocycles. The lowest BCUT2D eigenvalue weighted by Crippen LogP contribution is -2.42. The second-order valence-corrected chi connectivity index (χ2v) is 5.74. The topological polar surface area (TPSA) is 12.5 Å². The zero-order valence-electron chi connectivity index (χ0n) is 11.0. The number of thiol groups is 1. The summed E-state index contributed by atoms with van der Waals surface area (Å²) in [5.41, 5.74) is 0.473. The molecule has 0 atom stereocenters. The Bertz CT molecular complexity index is 190. The highest BCUT2D eigenvalue weighted by atomic mass is 32.1. The van der Waals surface area contributed by atoms with Crippen LogP contribution >= 0.6 is 12.6 Å². The van der Waals surface area contributed by atoms with Gasteiger partial charge < -0.3 is 4.74 Å². The van der Waals surface area contributed by atoms with Gasteiger partial charge in [-0.05, 0) is 37.9 Å². The van der Waals surface area contributed by atoms with Crippen LogP contribution in [0.1, 0.15) is 39.5 Å². The van der Waals surface area contributed by atoms with Crippen LogP contribution in [0.5, 0.6) is 0 Å². The highest BCUT2D eigenvalue weighted by molar-refractivity contribution is 7.80. The first kappa shape index (κ1) is 14.3. The van der Waals surface area contributed by atoms with E-state index in [0.29, 0.717) is 11.5 Å². The molecule has 0 spiro atoms. The average molecular weight is 245 g/mol. The van der Waals surface area contributed by atoms with Crippen LogP contribution in [-0.2, 0) is 4.74 Å². The second kappa shape index (κ2) is 6.87. The molecular formula is C13H27NOS. The molecule has 0 aromatic rings. The van der Waals surface area contributed by atoms with Crippen LogP contribution in [0, 0.1) is 5.41 Å². The number of methoxy groups -OCH3 is 1. The molecule has 0 aliphatic heterocycles. The van der Waals surface area contributed by atoms with Gasteiger partial charge in [0, 0.05) is 26.2 Å². The Morgan fingerprint density at radius 2 is 1.94 bits per heavy atom. The van der Waals surface area contributed by atoms with E-state index in [1.165, 1.54) is 32.2 Å². The van der Waals surface area contributed by atoms with Crippen molar-refractivity contribution in [3.8, 4) is 0 Å². The van der Waals surface area contributed by atoms with Crippen LogP contribution in [-0.4, -0.2) is 43.5 Å². The minimum atomic E-state index is 0.473. The number of hydrogen-bond donors (Lipinski definition) is 1. The van der Waals surface area contributed by atoms with Crippen molar-refractivity contribution in [1.82, 2.24) is 4.90 Å². The Labute approximate surface area is 106 Å². The zero-order chi connectivity index (χ0) is 12.0. The first-order valence-electron chi connectivity index (χ1n) is 6.47. The number of rotatable bonds is 7. The fourth-order valence-electron chi connectivity index (χ4n) is 2.65. The van der Waals surface area contributed by atoms with Crippen molar-refractivity contribution in [2.24, 2.45) is 5.41 Å². The lowest BCUT2D eigenvalue weighted by molar-refractivity contribution is 0.0942. The van der Waals surface area contributed by atoms with Crippen molar-refractivity contribution in [2.75, 3.05) is 32.6 Å². The Balaban J connectivity index is 2.51. The molecule has 0 aromatic carbocycles. The molecule has 1 fully saturated rings. The van der Waals surface area contributed by atoms with Gasteiger partial charge in [0.2, 0.25) is 0 Å². The van der Waals surface area contributed by atoms with E-state index in [2.05, 4.69) is 31.4 Å². The van der Waals surface area contributed by atoms with E-state index >= 15 is 0 Å². The van der Waals surface area contributed by atoms with E-state index in [9.17, 15) is 0 Å². The molecular weight excluding hydrogens is 218 g/mol. The van der Waals surface area contributed by atoms with Gasteiger partial charge in [0.05, 0.1) is 6.61 Å². The molecule has 0 N–H and O–H groups in total. The Morgan fingerprint density at radius 1 is 1.31 bits per heavy atom. The van der Waals surface area contributed by atoms with Gasteiger partial charge >= 0.3 is 0 Å². The fourth-order valence-corrected chi connectivity index (χ4v) is 3.07. The van der Waals surface area contributed by atoms with Crippen molar-refractivity contribution < 1.29 is 4.74 Å². The van der Waals surface area contributed by atoms with Gasteiger partial charge in [0.25, 0.3) is 0 Å². The molecule has 0 heterocycles.